The van der Waals surface area contributed by atoms with E-state index in [1.54, 1.807) is 18.7 Å². The molecule has 0 aromatic heterocycles. The molecule has 24 heavy (non-hydrogen) atoms. The summed E-state index contributed by atoms with van der Waals surface area (Å²) in [5, 5.41) is 0.654. The zero-order valence-corrected chi connectivity index (χ0v) is 19.2. The highest BCUT2D eigenvalue weighted by Gasteiger charge is 2.31. The second-order valence-corrected chi connectivity index (χ2v) is 11.7. The maximum absolute atomic E-state index is 11.8. The topological polar surface area (TPSA) is 17.1 Å². The molecular formula is C17H22OS6. The van der Waals surface area contributed by atoms with Crippen LogP contribution >= 0.6 is 70.6 Å². The van der Waals surface area contributed by atoms with Gasteiger partial charge < -0.3 is 0 Å². The molecule has 0 aliphatic carbocycles. The Balaban J connectivity index is 2.12. The van der Waals surface area contributed by atoms with Gasteiger partial charge >= 0.3 is 0 Å². The van der Waals surface area contributed by atoms with Gasteiger partial charge in [-0.3, -0.25) is 4.79 Å². The van der Waals surface area contributed by atoms with Gasteiger partial charge in [0.25, 0.3) is 0 Å². The van der Waals surface area contributed by atoms with Gasteiger partial charge in [0.15, 0.2) is 0 Å². The minimum Gasteiger partial charge on any atom is -0.282 e. The van der Waals surface area contributed by atoms with E-state index < -0.39 is 0 Å². The third-order valence-electron chi connectivity index (χ3n) is 3.49. The van der Waals surface area contributed by atoms with E-state index in [-0.39, 0.29) is 5.12 Å². The van der Waals surface area contributed by atoms with E-state index in [2.05, 4.69) is 37.5 Å². The van der Waals surface area contributed by atoms with Gasteiger partial charge in [0.05, 0.1) is 4.58 Å². The van der Waals surface area contributed by atoms with Gasteiger partial charge in [-0.1, -0.05) is 18.3 Å². The molecule has 1 aromatic rings. The largest absolute Gasteiger partial charge is 0.282 e. The van der Waals surface area contributed by atoms with Crippen molar-refractivity contribution in [3.8, 4) is 0 Å². The highest BCUT2D eigenvalue weighted by molar-refractivity contribution is 8.21. The Bertz CT molecular complexity index is 590. The average Bonchev–Trinajstić information content (AvgIpc) is 3.06. The number of thioether (sulfide) groups is 6. The number of rotatable bonds is 7. The first-order chi connectivity index (χ1) is 11.5. The summed E-state index contributed by atoms with van der Waals surface area (Å²) >= 11 is 10.9. The Morgan fingerprint density at radius 2 is 1.83 bits per heavy atom. The van der Waals surface area contributed by atoms with Crippen molar-refractivity contribution in [3.63, 3.8) is 0 Å². The molecule has 132 valence electrons. The summed E-state index contributed by atoms with van der Waals surface area (Å²) < 4.78 is 0.469. The normalized spacial score (nSPS) is 20.3. The standard InChI is InChI=1S/C17H22OS6/c1-10(2)16(18)22-8-12-9-23-17(24-12)15-13(20-4)6-11(19-3)7-14(15)21-5/h6-7,12,17H,1,8-9H2,2-5H3. The van der Waals surface area contributed by atoms with Crippen LogP contribution in [0.1, 0.15) is 17.1 Å². The third kappa shape index (κ3) is 5.36. The number of hydrogen-bond donors (Lipinski definition) is 0. The lowest BCUT2D eigenvalue weighted by molar-refractivity contribution is -0.107. The van der Waals surface area contributed by atoms with E-state index in [1.165, 1.54) is 32.0 Å². The van der Waals surface area contributed by atoms with Gasteiger partial charge in [-0.25, -0.2) is 0 Å². The zero-order valence-electron chi connectivity index (χ0n) is 14.3. The van der Waals surface area contributed by atoms with Crippen molar-refractivity contribution in [3.05, 3.63) is 29.8 Å². The first-order valence-corrected chi connectivity index (χ1v) is 14.0. The van der Waals surface area contributed by atoms with Crippen molar-refractivity contribution in [1.29, 1.82) is 0 Å². The Morgan fingerprint density at radius 1 is 1.21 bits per heavy atom. The zero-order chi connectivity index (χ0) is 17.7. The molecule has 7 heteroatoms. The SMILES string of the molecule is C=C(C)C(=O)SCC1CSC(c2c(SC)cc(SC)cc2SC)S1. The lowest BCUT2D eigenvalue weighted by Gasteiger charge is -2.19. The van der Waals surface area contributed by atoms with E-state index in [0.717, 1.165) is 11.5 Å². The monoisotopic (exact) mass is 434 g/mol. The molecule has 0 spiro atoms. The molecule has 2 rings (SSSR count). The number of benzene rings is 1. The van der Waals surface area contributed by atoms with E-state index in [4.69, 9.17) is 0 Å². The summed E-state index contributed by atoms with van der Waals surface area (Å²) in [5.74, 6) is 1.99. The molecule has 0 radical (unpaired) electrons. The van der Waals surface area contributed by atoms with Crippen LogP contribution in [0.2, 0.25) is 0 Å². The Kier molecular flexibility index (Phi) is 8.91. The third-order valence-corrected chi connectivity index (χ3v) is 10.4. The molecule has 0 amide bonds. The molecule has 0 N–H and O–H groups in total. The molecule has 1 fully saturated rings. The van der Waals surface area contributed by atoms with Crippen LogP contribution in [0, 0.1) is 0 Å². The molecule has 0 saturated carbocycles. The highest BCUT2D eigenvalue weighted by atomic mass is 32.2. The van der Waals surface area contributed by atoms with Crippen LogP contribution in [0.5, 0.6) is 0 Å². The lowest BCUT2D eigenvalue weighted by atomic mass is 10.2. The second kappa shape index (κ2) is 10.2. The average molecular weight is 435 g/mol. The van der Waals surface area contributed by atoms with Crippen LogP contribution < -0.4 is 0 Å². The molecular weight excluding hydrogens is 413 g/mol. The summed E-state index contributed by atoms with van der Waals surface area (Å²) in [5.41, 5.74) is 2.12. The van der Waals surface area contributed by atoms with E-state index in [9.17, 15) is 4.79 Å². The van der Waals surface area contributed by atoms with E-state index >= 15 is 0 Å². The van der Waals surface area contributed by atoms with Crippen molar-refractivity contribution in [2.45, 2.75) is 31.4 Å². The fourth-order valence-corrected chi connectivity index (χ4v) is 9.22. The molecule has 1 nitrogen and oxygen atoms in total. The molecule has 1 aliphatic heterocycles. The van der Waals surface area contributed by atoms with Gasteiger partial charge in [0.2, 0.25) is 5.12 Å². The quantitative estimate of drug-likeness (QED) is 0.353. The van der Waals surface area contributed by atoms with Crippen LogP contribution in [-0.2, 0) is 4.79 Å². The minimum absolute atomic E-state index is 0.128. The summed E-state index contributed by atoms with van der Waals surface area (Å²) in [6, 6.07) is 4.64. The maximum atomic E-state index is 11.8. The Hall–Kier alpha value is 0.730. The fraction of sp³-hybridized carbons (Fsp3) is 0.471. The van der Waals surface area contributed by atoms with Crippen LogP contribution in [0.15, 0.2) is 39.0 Å². The molecule has 2 unspecified atom stereocenters. The lowest BCUT2D eigenvalue weighted by Crippen LogP contribution is -2.07. The summed E-state index contributed by atoms with van der Waals surface area (Å²) in [6.45, 7) is 5.52. The van der Waals surface area contributed by atoms with Gasteiger partial charge in [-0.2, -0.15) is 0 Å². The molecule has 1 aromatic carbocycles. The van der Waals surface area contributed by atoms with Crippen molar-refractivity contribution in [2.24, 2.45) is 0 Å². The van der Waals surface area contributed by atoms with Crippen molar-refractivity contribution >= 4 is 75.7 Å². The van der Waals surface area contributed by atoms with Gasteiger partial charge in [-0.05, 0) is 43.4 Å². The number of carbonyl (C=O) groups excluding carboxylic acids is 1. The second-order valence-electron chi connectivity index (χ2n) is 5.25. The minimum atomic E-state index is 0.128. The predicted molar refractivity (Wildman–Crippen MR) is 121 cm³/mol. The molecule has 0 bridgehead atoms. The summed E-state index contributed by atoms with van der Waals surface area (Å²) in [7, 11) is 0. The van der Waals surface area contributed by atoms with E-state index in [0.29, 0.717) is 15.4 Å². The first kappa shape index (κ1) is 21.0. The van der Waals surface area contributed by atoms with Gasteiger partial charge in [-0.15, -0.1) is 58.8 Å². The highest BCUT2D eigenvalue weighted by Crippen LogP contribution is 2.54. The van der Waals surface area contributed by atoms with Crippen LogP contribution in [-0.4, -0.2) is 40.6 Å². The van der Waals surface area contributed by atoms with Gasteiger partial charge in [0.1, 0.15) is 0 Å². The Labute approximate surface area is 171 Å². The van der Waals surface area contributed by atoms with Gasteiger partial charge in [0, 0.05) is 37.0 Å². The van der Waals surface area contributed by atoms with Crippen LogP contribution in [0.4, 0.5) is 0 Å². The first-order valence-electron chi connectivity index (χ1n) is 7.39. The molecule has 1 aliphatic rings. The summed E-state index contributed by atoms with van der Waals surface area (Å²) in [6.07, 6.45) is 6.46. The number of hydrogen-bond acceptors (Lipinski definition) is 7. The van der Waals surface area contributed by atoms with Crippen LogP contribution in [0.25, 0.3) is 0 Å². The van der Waals surface area contributed by atoms with Crippen molar-refractivity contribution in [2.75, 3.05) is 30.3 Å². The molecule has 1 saturated heterocycles. The maximum Gasteiger partial charge on any atom is 0.214 e. The van der Waals surface area contributed by atoms with E-state index in [1.807, 2.05) is 47.0 Å². The summed E-state index contributed by atoms with van der Waals surface area (Å²) in [4.78, 5) is 15.9. The van der Waals surface area contributed by atoms with Crippen LogP contribution in [0.3, 0.4) is 0 Å². The Morgan fingerprint density at radius 3 is 2.33 bits per heavy atom. The number of carbonyl (C=O) groups is 1. The molecule has 1 heterocycles. The predicted octanol–water partition coefficient (Wildman–Crippen LogP) is 6.54. The van der Waals surface area contributed by atoms with Crippen molar-refractivity contribution < 1.29 is 4.79 Å². The molecule has 2 atom stereocenters. The fourth-order valence-electron chi connectivity index (χ4n) is 2.24. The smallest absolute Gasteiger partial charge is 0.214 e. The van der Waals surface area contributed by atoms with Crippen molar-refractivity contribution in [1.82, 2.24) is 0 Å².